The molecule has 0 heterocycles. The molecule has 0 bridgehead atoms. The Hall–Kier alpha value is -2.46. The lowest BCUT2D eigenvalue weighted by Gasteiger charge is -2.31. The van der Waals surface area contributed by atoms with E-state index in [2.05, 4.69) is 21.2 Å². The molecule has 2 aromatic carbocycles. The number of hydrogen-bond acceptors (Lipinski definition) is 4. The second-order valence-corrected chi connectivity index (χ2v) is 10.2. The molecule has 0 aliphatic rings. The Labute approximate surface area is 196 Å². The summed E-state index contributed by atoms with van der Waals surface area (Å²) in [7, 11) is -3.78. The Morgan fingerprint density at radius 3 is 2.22 bits per heavy atom. The molecular formula is C22H27BrFN3O4S. The maximum Gasteiger partial charge on any atom is 0.244 e. The zero-order valence-corrected chi connectivity index (χ0v) is 20.6. The van der Waals surface area contributed by atoms with Crippen molar-refractivity contribution >= 4 is 43.5 Å². The number of halogens is 2. The molecule has 1 N–H and O–H groups in total. The molecule has 0 aliphatic carbocycles. The first kappa shape index (κ1) is 25.8. The van der Waals surface area contributed by atoms with Crippen LogP contribution in [0.3, 0.4) is 0 Å². The lowest BCUT2D eigenvalue weighted by Crippen LogP contribution is -2.51. The van der Waals surface area contributed by atoms with E-state index in [1.165, 1.54) is 29.2 Å². The predicted molar refractivity (Wildman–Crippen MR) is 126 cm³/mol. The number of nitrogens with zero attached hydrogens (tertiary/aromatic N) is 2. The second-order valence-electron chi connectivity index (χ2n) is 7.36. The summed E-state index contributed by atoms with van der Waals surface area (Å²) in [5.41, 5.74) is 0.943. The standard InChI is InChI=1S/C22H27BrFN3O4S/c1-4-13-25-22(29)16(2)26(14-17-5-9-19(24)10-6-17)21(28)15-27(32(3,30)31)20-11-7-18(23)8-12-20/h5-12,16H,4,13-15H2,1-3H3,(H,25,29)/t16-/m0/s1. The van der Waals surface area contributed by atoms with Gasteiger partial charge in [0, 0.05) is 17.6 Å². The fraction of sp³-hybridized carbons (Fsp3) is 0.364. The van der Waals surface area contributed by atoms with E-state index in [0.29, 0.717) is 17.8 Å². The summed E-state index contributed by atoms with van der Waals surface area (Å²) in [5.74, 6) is -1.32. The second kappa shape index (κ2) is 11.4. The van der Waals surface area contributed by atoms with Crippen LogP contribution < -0.4 is 9.62 Å². The SMILES string of the molecule is CCCNC(=O)[C@H](C)N(Cc1ccc(F)cc1)C(=O)CN(c1ccc(Br)cc1)S(C)(=O)=O. The maximum atomic E-state index is 13.3. The summed E-state index contributed by atoms with van der Waals surface area (Å²) in [4.78, 5) is 27.2. The summed E-state index contributed by atoms with van der Waals surface area (Å²) in [6.45, 7) is 3.49. The molecule has 0 spiro atoms. The first-order valence-corrected chi connectivity index (χ1v) is 12.7. The Balaban J connectivity index is 2.34. The van der Waals surface area contributed by atoms with Crippen LogP contribution in [0, 0.1) is 5.82 Å². The zero-order chi connectivity index (χ0) is 23.9. The summed E-state index contributed by atoms with van der Waals surface area (Å²) in [6.07, 6.45) is 1.75. The van der Waals surface area contributed by atoms with E-state index in [9.17, 15) is 22.4 Å². The lowest BCUT2D eigenvalue weighted by atomic mass is 10.1. The molecule has 2 aromatic rings. The van der Waals surface area contributed by atoms with Crippen LogP contribution >= 0.6 is 15.9 Å². The molecule has 2 rings (SSSR count). The molecule has 0 saturated carbocycles. The zero-order valence-electron chi connectivity index (χ0n) is 18.2. The fourth-order valence-electron chi connectivity index (χ4n) is 2.99. The minimum atomic E-state index is -3.78. The van der Waals surface area contributed by atoms with Crippen molar-refractivity contribution in [3.05, 3.63) is 64.4 Å². The Morgan fingerprint density at radius 1 is 1.09 bits per heavy atom. The molecule has 0 fully saturated rings. The van der Waals surface area contributed by atoms with Gasteiger partial charge in [-0.15, -0.1) is 0 Å². The molecule has 0 aromatic heterocycles. The highest BCUT2D eigenvalue weighted by Crippen LogP contribution is 2.21. The van der Waals surface area contributed by atoms with E-state index in [1.807, 2.05) is 6.92 Å². The third-order valence-corrected chi connectivity index (χ3v) is 6.45. The van der Waals surface area contributed by atoms with Gasteiger partial charge in [-0.3, -0.25) is 13.9 Å². The van der Waals surface area contributed by atoms with Gasteiger partial charge in [0.2, 0.25) is 21.8 Å². The average Bonchev–Trinajstić information content (AvgIpc) is 2.74. The van der Waals surface area contributed by atoms with Crippen LogP contribution in [0.25, 0.3) is 0 Å². The van der Waals surface area contributed by atoms with Gasteiger partial charge in [0.05, 0.1) is 11.9 Å². The normalized spacial score (nSPS) is 12.2. The van der Waals surface area contributed by atoms with Gasteiger partial charge in [-0.2, -0.15) is 0 Å². The quantitative estimate of drug-likeness (QED) is 0.513. The summed E-state index contributed by atoms with van der Waals surface area (Å²) in [6, 6.07) is 11.2. The highest BCUT2D eigenvalue weighted by atomic mass is 79.9. The van der Waals surface area contributed by atoms with Crippen LogP contribution in [0.2, 0.25) is 0 Å². The lowest BCUT2D eigenvalue weighted by molar-refractivity contribution is -0.139. The number of carbonyl (C=O) groups is 2. The predicted octanol–water partition coefficient (Wildman–Crippen LogP) is 3.30. The Morgan fingerprint density at radius 2 is 1.69 bits per heavy atom. The summed E-state index contributed by atoms with van der Waals surface area (Å²) < 4.78 is 39.9. The molecule has 7 nitrogen and oxygen atoms in total. The highest BCUT2D eigenvalue weighted by molar-refractivity contribution is 9.10. The number of nitrogens with one attached hydrogen (secondary N) is 1. The van der Waals surface area contributed by atoms with E-state index in [4.69, 9.17) is 0 Å². The van der Waals surface area contributed by atoms with Gasteiger partial charge in [-0.25, -0.2) is 12.8 Å². The molecule has 0 unspecified atom stereocenters. The van der Waals surface area contributed by atoms with Crippen LogP contribution in [0.4, 0.5) is 10.1 Å². The van der Waals surface area contributed by atoms with Crippen LogP contribution in [0.1, 0.15) is 25.8 Å². The molecule has 2 amide bonds. The maximum absolute atomic E-state index is 13.3. The topological polar surface area (TPSA) is 86.8 Å². The number of sulfonamides is 1. The van der Waals surface area contributed by atoms with Crippen molar-refractivity contribution in [3.8, 4) is 0 Å². The first-order valence-electron chi connectivity index (χ1n) is 10.1. The van der Waals surface area contributed by atoms with Crippen molar-refractivity contribution in [2.45, 2.75) is 32.9 Å². The summed E-state index contributed by atoms with van der Waals surface area (Å²) in [5, 5.41) is 2.75. The number of benzene rings is 2. The molecule has 0 saturated heterocycles. The molecule has 0 aliphatic heterocycles. The third kappa shape index (κ3) is 7.30. The van der Waals surface area contributed by atoms with Crippen molar-refractivity contribution in [2.24, 2.45) is 0 Å². The first-order chi connectivity index (χ1) is 15.0. The van der Waals surface area contributed by atoms with Gasteiger partial charge in [-0.05, 0) is 55.3 Å². The van der Waals surface area contributed by atoms with E-state index < -0.39 is 34.3 Å². The number of carbonyl (C=O) groups excluding carboxylic acids is 2. The van der Waals surface area contributed by atoms with Crippen LogP contribution in [-0.4, -0.2) is 50.5 Å². The third-order valence-electron chi connectivity index (χ3n) is 4.78. The molecule has 0 radical (unpaired) electrons. The Bertz CT molecular complexity index is 1030. The smallest absolute Gasteiger partial charge is 0.244 e. The average molecular weight is 528 g/mol. The van der Waals surface area contributed by atoms with E-state index in [1.54, 1.807) is 31.2 Å². The molecule has 10 heteroatoms. The molecular weight excluding hydrogens is 501 g/mol. The van der Waals surface area contributed by atoms with Gasteiger partial charge in [0.15, 0.2) is 0 Å². The Kier molecular flexibility index (Phi) is 9.21. The molecule has 1 atom stereocenters. The van der Waals surface area contributed by atoms with E-state index >= 15 is 0 Å². The summed E-state index contributed by atoms with van der Waals surface area (Å²) >= 11 is 3.30. The van der Waals surface area contributed by atoms with Gasteiger partial charge in [0.1, 0.15) is 18.4 Å². The number of anilines is 1. The van der Waals surface area contributed by atoms with Crippen molar-refractivity contribution in [1.82, 2.24) is 10.2 Å². The van der Waals surface area contributed by atoms with Crippen molar-refractivity contribution in [2.75, 3.05) is 23.7 Å². The number of rotatable bonds is 10. The molecule has 174 valence electrons. The van der Waals surface area contributed by atoms with Gasteiger partial charge in [0.25, 0.3) is 0 Å². The fourth-order valence-corrected chi connectivity index (χ4v) is 4.10. The minimum Gasteiger partial charge on any atom is -0.354 e. The van der Waals surface area contributed by atoms with Crippen molar-refractivity contribution in [1.29, 1.82) is 0 Å². The van der Waals surface area contributed by atoms with Gasteiger partial charge in [-0.1, -0.05) is 35.0 Å². The van der Waals surface area contributed by atoms with Crippen LogP contribution in [0.15, 0.2) is 53.0 Å². The van der Waals surface area contributed by atoms with Gasteiger partial charge < -0.3 is 10.2 Å². The number of hydrogen-bond donors (Lipinski definition) is 1. The highest BCUT2D eigenvalue weighted by Gasteiger charge is 2.29. The molecule has 32 heavy (non-hydrogen) atoms. The number of amides is 2. The van der Waals surface area contributed by atoms with Crippen molar-refractivity contribution in [3.63, 3.8) is 0 Å². The van der Waals surface area contributed by atoms with Gasteiger partial charge >= 0.3 is 0 Å². The van der Waals surface area contributed by atoms with Crippen LogP contribution in [0.5, 0.6) is 0 Å². The monoisotopic (exact) mass is 527 g/mol. The van der Waals surface area contributed by atoms with Crippen LogP contribution in [-0.2, 0) is 26.2 Å². The largest absolute Gasteiger partial charge is 0.354 e. The minimum absolute atomic E-state index is 0.0256. The van der Waals surface area contributed by atoms with Crippen molar-refractivity contribution < 1.29 is 22.4 Å². The van der Waals surface area contributed by atoms with E-state index in [-0.39, 0.29) is 12.5 Å². The van der Waals surface area contributed by atoms with E-state index in [0.717, 1.165) is 21.5 Å².